The van der Waals surface area contributed by atoms with E-state index in [1.165, 1.54) is 4.31 Å². The quantitative estimate of drug-likeness (QED) is 0.746. The minimum atomic E-state index is -3.29. The lowest BCUT2D eigenvalue weighted by molar-refractivity contribution is 0.323. The Balaban J connectivity index is 2.55. The van der Waals surface area contributed by atoms with E-state index in [4.69, 9.17) is 10.5 Å². The van der Waals surface area contributed by atoms with Crippen LogP contribution >= 0.6 is 0 Å². The zero-order valence-corrected chi connectivity index (χ0v) is 13.2. The van der Waals surface area contributed by atoms with Crippen molar-refractivity contribution in [2.45, 2.75) is 32.7 Å². The smallest absolute Gasteiger partial charge is 0.217 e. The second kappa shape index (κ2) is 7.50. The van der Waals surface area contributed by atoms with Crippen LogP contribution in [0.5, 0.6) is 5.75 Å². The molecule has 114 valence electrons. The first-order valence-corrected chi connectivity index (χ1v) is 8.45. The van der Waals surface area contributed by atoms with Gasteiger partial charge in [-0.2, -0.15) is 0 Å². The fourth-order valence-electron chi connectivity index (χ4n) is 2.04. The van der Waals surface area contributed by atoms with E-state index < -0.39 is 10.0 Å². The highest BCUT2D eigenvalue weighted by Gasteiger charge is 2.23. The highest BCUT2D eigenvalue weighted by atomic mass is 32.2. The first-order chi connectivity index (χ1) is 9.40. The Morgan fingerprint density at radius 1 is 1.30 bits per heavy atom. The summed E-state index contributed by atoms with van der Waals surface area (Å²) < 4.78 is 31.2. The molecule has 20 heavy (non-hydrogen) atoms. The van der Waals surface area contributed by atoms with Crippen LogP contribution in [0.15, 0.2) is 24.3 Å². The van der Waals surface area contributed by atoms with Gasteiger partial charge in [0.05, 0.1) is 5.75 Å². The molecule has 0 amide bonds. The monoisotopic (exact) mass is 300 g/mol. The van der Waals surface area contributed by atoms with Gasteiger partial charge in [0.2, 0.25) is 10.0 Å². The summed E-state index contributed by atoms with van der Waals surface area (Å²) in [7, 11) is -1.65. The van der Waals surface area contributed by atoms with Crippen LogP contribution < -0.4 is 10.5 Å². The molecule has 1 aromatic rings. The van der Waals surface area contributed by atoms with E-state index in [1.807, 2.05) is 13.8 Å². The van der Waals surface area contributed by atoms with Gasteiger partial charge in [-0.15, -0.1) is 0 Å². The SMILES string of the molecule is CCC(CC)N(C)S(=O)(=O)CCOc1cccc(N)c1. The molecule has 0 heterocycles. The van der Waals surface area contributed by atoms with Crippen LogP contribution in [0.1, 0.15) is 26.7 Å². The van der Waals surface area contributed by atoms with Gasteiger partial charge in [0.25, 0.3) is 0 Å². The number of rotatable bonds is 8. The molecule has 5 nitrogen and oxygen atoms in total. The molecule has 0 bridgehead atoms. The lowest BCUT2D eigenvalue weighted by Gasteiger charge is -2.25. The third-order valence-electron chi connectivity index (χ3n) is 3.36. The maximum absolute atomic E-state index is 12.2. The summed E-state index contributed by atoms with van der Waals surface area (Å²) >= 11 is 0. The maximum Gasteiger partial charge on any atom is 0.217 e. The second-order valence-electron chi connectivity index (χ2n) is 4.72. The molecule has 0 atom stereocenters. The molecule has 0 unspecified atom stereocenters. The van der Waals surface area contributed by atoms with Crippen LogP contribution in [0, 0.1) is 0 Å². The van der Waals surface area contributed by atoms with Gasteiger partial charge in [-0.25, -0.2) is 12.7 Å². The van der Waals surface area contributed by atoms with Crippen molar-refractivity contribution in [3.63, 3.8) is 0 Å². The van der Waals surface area contributed by atoms with Crippen LogP contribution in [-0.2, 0) is 10.0 Å². The van der Waals surface area contributed by atoms with Gasteiger partial charge in [0.15, 0.2) is 0 Å². The van der Waals surface area contributed by atoms with Crippen LogP contribution in [0.3, 0.4) is 0 Å². The summed E-state index contributed by atoms with van der Waals surface area (Å²) in [6, 6.07) is 7.01. The molecule has 0 aliphatic rings. The summed E-state index contributed by atoms with van der Waals surface area (Å²) in [6.07, 6.45) is 1.62. The average Bonchev–Trinajstić information content (AvgIpc) is 2.40. The number of anilines is 1. The molecule has 0 saturated heterocycles. The third-order valence-corrected chi connectivity index (χ3v) is 5.22. The van der Waals surface area contributed by atoms with E-state index in [0.29, 0.717) is 11.4 Å². The van der Waals surface area contributed by atoms with Crippen molar-refractivity contribution in [2.75, 3.05) is 25.1 Å². The molecule has 0 saturated carbocycles. The Kier molecular flexibility index (Phi) is 6.29. The van der Waals surface area contributed by atoms with Crippen LogP contribution in [0.4, 0.5) is 5.69 Å². The Bertz CT molecular complexity index is 513. The van der Waals surface area contributed by atoms with E-state index in [-0.39, 0.29) is 18.4 Å². The molecule has 6 heteroatoms. The van der Waals surface area contributed by atoms with Crippen molar-refractivity contribution in [2.24, 2.45) is 0 Å². The molecule has 0 spiro atoms. The van der Waals surface area contributed by atoms with E-state index >= 15 is 0 Å². The van der Waals surface area contributed by atoms with Crippen LogP contribution in [-0.4, -0.2) is 38.2 Å². The lowest BCUT2D eigenvalue weighted by Crippen LogP contribution is -2.38. The summed E-state index contributed by atoms with van der Waals surface area (Å²) in [5.74, 6) is 0.555. The van der Waals surface area contributed by atoms with Gasteiger partial charge in [-0.1, -0.05) is 19.9 Å². The fraction of sp³-hybridized carbons (Fsp3) is 0.571. The number of nitrogen functional groups attached to an aromatic ring is 1. The second-order valence-corrected chi connectivity index (χ2v) is 6.87. The number of sulfonamides is 1. The van der Waals surface area contributed by atoms with Crippen molar-refractivity contribution < 1.29 is 13.2 Å². The molecule has 1 rings (SSSR count). The lowest BCUT2D eigenvalue weighted by atomic mass is 10.2. The highest BCUT2D eigenvalue weighted by Crippen LogP contribution is 2.15. The van der Waals surface area contributed by atoms with Gasteiger partial charge in [-0.05, 0) is 25.0 Å². The van der Waals surface area contributed by atoms with Gasteiger partial charge in [0, 0.05) is 24.8 Å². The molecule has 2 N–H and O–H groups in total. The number of nitrogens with two attached hydrogens (primary N) is 1. The topological polar surface area (TPSA) is 72.6 Å². The van der Waals surface area contributed by atoms with E-state index in [9.17, 15) is 8.42 Å². The molecule has 0 aliphatic heterocycles. The van der Waals surface area contributed by atoms with Crippen molar-refractivity contribution in [1.82, 2.24) is 4.31 Å². The van der Waals surface area contributed by atoms with Gasteiger partial charge in [-0.3, -0.25) is 0 Å². The Labute approximate surface area is 121 Å². The zero-order chi connectivity index (χ0) is 15.2. The standard InChI is InChI=1S/C14H24N2O3S/c1-4-13(5-2)16(3)20(17,18)10-9-19-14-8-6-7-12(15)11-14/h6-8,11,13H,4-5,9-10,15H2,1-3H3. The average molecular weight is 300 g/mol. The number of hydrogen-bond acceptors (Lipinski definition) is 4. The maximum atomic E-state index is 12.2. The molecule has 1 aromatic carbocycles. The predicted molar refractivity (Wildman–Crippen MR) is 82.3 cm³/mol. The third kappa shape index (κ3) is 4.68. The predicted octanol–water partition coefficient (Wildman–Crippen LogP) is 2.10. The first kappa shape index (κ1) is 16.8. The minimum absolute atomic E-state index is 0.0329. The largest absolute Gasteiger partial charge is 0.492 e. The molecular weight excluding hydrogens is 276 g/mol. The minimum Gasteiger partial charge on any atom is -0.492 e. The van der Waals surface area contributed by atoms with E-state index in [0.717, 1.165) is 12.8 Å². The summed E-state index contributed by atoms with van der Waals surface area (Å²) in [6.45, 7) is 4.10. The van der Waals surface area contributed by atoms with E-state index in [1.54, 1.807) is 31.3 Å². The molecule has 0 aliphatic carbocycles. The Morgan fingerprint density at radius 2 is 1.95 bits per heavy atom. The molecule has 0 radical (unpaired) electrons. The number of hydrogen-bond donors (Lipinski definition) is 1. The normalized spacial score (nSPS) is 12.1. The zero-order valence-electron chi connectivity index (χ0n) is 12.4. The number of nitrogens with zero attached hydrogens (tertiary/aromatic N) is 1. The van der Waals surface area contributed by atoms with Crippen molar-refractivity contribution >= 4 is 15.7 Å². The Hall–Kier alpha value is -1.27. The van der Waals surface area contributed by atoms with E-state index in [2.05, 4.69) is 0 Å². The summed E-state index contributed by atoms with van der Waals surface area (Å²) in [5.41, 5.74) is 6.23. The molecule has 0 fully saturated rings. The Morgan fingerprint density at radius 3 is 2.50 bits per heavy atom. The van der Waals surface area contributed by atoms with Crippen molar-refractivity contribution in [3.8, 4) is 5.75 Å². The van der Waals surface area contributed by atoms with Crippen molar-refractivity contribution in [1.29, 1.82) is 0 Å². The molecular formula is C14H24N2O3S. The summed E-state index contributed by atoms with van der Waals surface area (Å²) in [4.78, 5) is 0. The van der Waals surface area contributed by atoms with Crippen LogP contribution in [0.2, 0.25) is 0 Å². The fourth-order valence-corrected chi connectivity index (χ4v) is 3.38. The number of ether oxygens (including phenoxy) is 1. The highest BCUT2D eigenvalue weighted by molar-refractivity contribution is 7.89. The van der Waals surface area contributed by atoms with Gasteiger partial charge in [0.1, 0.15) is 12.4 Å². The van der Waals surface area contributed by atoms with Crippen molar-refractivity contribution in [3.05, 3.63) is 24.3 Å². The number of benzene rings is 1. The van der Waals surface area contributed by atoms with Gasteiger partial charge < -0.3 is 10.5 Å². The molecule has 0 aromatic heterocycles. The van der Waals surface area contributed by atoms with Crippen LogP contribution in [0.25, 0.3) is 0 Å². The van der Waals surface area contributed by atoms with Gasteiger partial charge >= 0.3 is 0 Å². The summed E-state index contributed by atoms with van der Waals surface area (Å²) in [5, 5.41) is 0. The first-order valence-electron chi connectivity index (χ1n) is 6.84.